The minimum absolute atomic E-state index is 0.349. The van der Waals surface area contributed by atoms with Crippen molar-refractivity contribution in [2.24, 2.45) is 10.3 Å². The van der Waals surface area contributed by atoms with Crippen molar-refractivity contribution in [3.8, 4) is 0 Å². The summed E-state index contributed by atoms with van der Waals surface area (Å²) in [6, 6.07) is 0. The van der Waals surface area contributed by atoms with Crippen LogP contribution in [0.4, 0.5) is 11.4 Å². The largest absolute Gasteiger partial charge is 0.370 e. The van der Waals surface area contributed by atoms with Gasteiger partial charge in [0.1, 0.15) is 21.8 Å². The first-order valence-corrected chi connectivity index (χ1v) is 8.17. The molecule has 3 rings (SSSR count). The van der Waals surface area contributed by atoms with Crippen LogP contribution in [0.3, 0.4) is 0 Å². The Bertz CT molecular complexity index is 756. The van der Waals surface area contributed by atoms with Crippen molar-refractivity contribution in [1.82, 2.24) is 0 Å². The Morgan fingerprint density at radius 2 is 1.04 bits per heavy atom. The van der Waals surface area contributed by atoms with Gasteiger partial charge in [0, 0.05) is 26.2 Å². The zero-order valence-electron chi connectivity index (χ0n) is 14.3. The quantitative estimate of drug-likeness (QED) is 0.566. The first-order chi connectivity index (χ1) is 11.6. The molecule has 0 N–H and O–H groups in total. The van der Waals surface area contributed by atoms with Gasteiger partial charge < -0.3 is 19.5 Å². The third-order valence-corrected chi connectivity index (χ3v) is 4.40. The van der Waals surface area contributed by atoms with E-state index in [1.54, 1.807) is 0 Å². The van der Waals surface area contributed by atoms with Crippen LogP contribution in [0.15, 0.2) is 10.3 Å². The minimum Gasteiger partial charge on any atom is -0.369 e. The maximum absolute atomic E-state index is 12.3. The summed E-state index contributed by atoms with van der Waals surface area (Å²) in [6.45, 7) is 10.5. The molecule has 8 heteroatoms. The van der Waals surface area contributed by atoms with Gasteiger partial charge in [0.15, 0.2) is 0 Å². The van der Waals surface area contributed by atoms with Crippen LogP contribution in [0.5, 0.6) is 0 Å². The van der Waals surface area contributed by atoms with Crippen molar-refractivity contribution in [3.63, 3.8) is 0 Å². The lowest BCUT2D eigenvalue weighted by atomic mass is 10.0. The fourth-order valence-corrected chi connectivity index (χ4v) is 3.22. The first kappa shape index (κ1) is 16.2. The van der Waals surface area contributed by atoms with Gasteiger partial charge in [-0.2, -0.15) is 0 Å². The van der Waals surface area contributed by atoms with Gasteiger partial charge >= 0.3 is 11.9 Å². The van der Waals surface area contributed by atoms with E-state index in [0.29, 0.717) is 59.4 Å². The Morgan fingerprint density at radius 1 is 0.708 bits per heavy atom. The maximum atomic E-state index is 12.3. The lowest BCUT2D eigenvalue weighted by molar-refractivity contribution is 0.0540. The predicted octanol–water partition coefficient (Wildman–Crippen LogP) is 0.789. The second-order valence-corrected chi connectivity index (χ2v) is 5.43. The van der Waals surface area contributed by atoms with Gasteiger partial charge in [0.2, 0.25) is 0 Å². The molecular weight excluding hydrogens is 312 g/mol. The predicted molar refractivity (Wildman–Crippen MR) is 86.7 cm³/mol. The number of rotatable bonds is 6. The molecule has 0 radical (unpaired) electrons. The van der Waals surface area contributed by atoms with E-state index in [9.17, 15) is 9.59 Å². The van der Waals surface area contributed by atoms with Crippen molar-refractivity contribution >= 4 is 23.3 Å². The fraction of sp³-hybridized carbons (Fsp3) is 0.500. The van der Waals surface area contributed by atoms with Crippen molar-refractivity contribution in [2.45, 2.75) is 27.7 Å². The van der Waals surface area contributed by atoms with Crippen LogP contribution < -0.4 is 20.5 Å². The molecule has 8 nitrogen and oxygen atoms in total. The van der Waals surface area contributed by atoms with Crippen LogP contribution in [0.25, 0.3) is 0 Å². The van der Waals surface area contributed by atoms with Gasteiger partial charge in [-0.15, -0.1) is 0 Å². The molecule has 0 unspecified atom stereocenters. The van der Waals surface area contributed by atoms with Gasteiger partial charge in [-0.05, 0) is 27.7 Å². The summed E-state index contributed by atoms with van der Waals surface area (Å²) >= 11 is 0. The van der Waals surface area contributed by atoms with Crippen molar-refractivity contribution in [1.29, 1.82) is 0 Å². The molecule has 2 aliphatic rings. The van der Waals surface area contributed by atoms with E-state index in [4.69, 9.17) is 9.68 Å². The summed E-state index contributed by atoms with van der Waals surface area (Å²) in [6.07, 6.45) is 0. The molecule has 0 fully saturated rings. The van der Waals surface area contributed by atoms with Crippen LogP contribution in [0.1, 0.15) is 48.4 Å². The van der Waals surface area contributed by atoms with E-state index in [-0.39, 0.29) is 0 Å². The highest BCUT2D eigenvalue weighted by Gasteiger charge is 2.37. The van der Waals surface area contributed by atoms with E-state index >= 15 is 0 Å². The molecule has 2 heterocycles. The average Bonchev–Trinajstić information content (AvgIpc) is 3.15. The minimum atomic E-state index is -0.530. The third kappa shape index (κ3) is 2.13. The number of nitrogens with zero attached hydrogens (tertiary/aromatic N) is 4. The molecule has 24 heavy (non-hydrogen) atoms. The molecule has 0 saturated carbocycles. The monoisotopic (exact) mass is 332 g/mol. The fourth-order valence-electron chi connectivity index (χ4n) is 3.22. The van der Waals surface area contributed by atoms with Gasteiger partial charge in [-0.3, -0.25) is 0 Å². The Balaban J connectivity index is 2.46. The second-order valence-electron chi connectivity index (χ2n) is 5.43. The van der Waals surface area contributed by atoms with Crippen LogP contribution in [0.2, 0.25) is 0 Å². The van der Waals surface area contributed by atoms with Crippen LogP contribution in [-0.2, 0) is 9.68 Å². The smallest absolute Gasteiger partial charge is 0.369 e. The normalized spacial score (nSPS) is 14.3. The molecule has 0 atom stereocenters. The maximum Gasteiger partial charge on any atom is 0.370 e. The van der Waals surface area contributed by atoms with Crippen LogP contribution >= 0.6 is 0 Å². The third-order valence-electron chi connectivity index (χ3n) is 4.40. The molecule has 2 aliphatic heterocycles. The summed E-state index contributed by atoms with van der Waals surface area (Å²) in [5.41, 5.74) is 1.80. The molecule has 0 aliphatic carbocycles. The van der Waals surface area contributed by atoms with Gasteiger partial charge in [-0.25, -0.2) is 9.59 Å². The second kappa shape index (κ2) is 6.10. The Morgan fingerprint density at radius 3 is 1.33 bits per heavy atom. The molecule has 0 bridgehead atoms. The van der Waals surface area contributed by atoms with E-state index in [0.717, 1.165) is 0 Å². The Labute approximate surface area is 139 Å². The topological polar surface area (TPSA) is 83.8 Å². The number of hydrogen-bond donors (Lipinski definition) is 0. The number of fused-ring (bicyclic) bond motifs is 2. The highest BCUT2D eigenvalue weighted by atomic mass is 16.7. The highest BCUT2D eigenvalue weighted by molar-refractivity contribution is 6.04. The summed E-state index contributed by atoms with van der Waals surface area (Å²) in [7, 11) is 0. The van der Waals surface area contributed by atoms with Crippen LogP contribution in [0, 0.1) is 0 Å². The van der Waals surface area contributed by atoms with Crippen LogP contribution in [-0.4, -0.2) is 38.1 Å². The van der Waals surface area contributed by atoms with E-state index in [2.05, 4.69) is 10.3 Å². The lowest BCUT2D eigenvalue weighted by Crippen LogP contribution is -2.38. The molecular formula is C16H20N4O4. The van der Waals surface area contributed by atoms with E-state index in [1.165, 1.54) is 0 Å². The van der Waals surface area contributed by atoms with Gasteiger partial charge in [0.25, 0.3) is 0 Å². The summed E-state index contributed by atoms with van der Waals surface area (Å²) in [5, 5.41) is 8.68. The molecule has 0 aromatic heterocycles. The summed E-state index contributed by atoms with van der Waals surface area (Å²) in [5.74, 6) is -1.06. The van der Waals surface area contributed by atoms with Crippen molar-refractivity contribution in [2.75, 3.05) is 36.0 Å². The number of carbonyl (C=O) groups is 2. The van der Waals surface area contributed by atoms with Gasteiger partial charge in [0.05, 0.1) is 11.4 Å². The van der Waals surface area contributed by atoms with E-state index < -0.39 is 11.9 Å². The van der Waals surface area contributed by atoms with Crippen molar-refractivity contribution < 1.29 is 19.3 Å². The molecule has 0 spiro atoms. The Hall–Kier alpha value is -2.64. The average molecular weight is 332 g/mol. The number of carbonyl (C=O) groups excluding carboxylic acids is 2. The highest BCUT2D eigenvalue weighted by Crippen LogP contribution is 2.27. The molecule has 0 amide bonds. The number of anilines is 2. The van der Waals surface area contributed by atoms with Gasteiger partial charge in [-0.1, -0.05) is 10.3 Å². The first-order valence-electron chi connectivity index (χ1n) is 8.17. The lowest BCUT2D eigenvalue weighted by Gasteiger charge is -2.26. The summed E-state index contributed by atoms with van der Waals surface area (Å²) in [4.78, 5) is 38.4. The van der Waals surface area contributed by atoms with Crippen molar-refractivity contribution in [3.05, 3.63) is 21.8 Å². The number of hydrogen-bond acceptors (Lipinski definition) is 8. The summed E-state index contributed by atoms with van der Waals surface area (Å²) < 4.78 is 0. The molecule has 1 aromatic rings. The zero-order valence-corrected chi connectivity index (χ0v) is 14.3. The zero-order chi connectivity index (χ0) is 17.4. The molecule has 1 aromatic carbocycles. The molecule has 0 saturated heterocycles. The standard InChI is InChI=1S/C16H20N4O4/c1-5-19(6-2)13-9-12(18-23-15(9)21)14(20(7-3)8-4)10-11(13)17-24-16(10)22/h5-8H2,1-4H3. The Kier molecular flexibility index (Phi) is 4.13. The molecule has 128 valence electrons. The SMILES string of the molecule is CCN(CC)c1c2c(c(N(CC)CC)c3c1=NOC3=O)=NOC2=O. The number of benzene rings is 1. The van der Waals surface area contributed by atoms with E-state index in [1.807, 2.05) is 37.5 Å².